The molecule has 6 nitrogen and oxygen atoms in total. The van der Waals surface area contributed by atoms with Crippen LogP contribution in [0.15, 0.2) is 26.5 Å². The van der Waals surface area contributed by atoms with Crippen molar-refractivity contribution < 1.29 is 8.42 Å². The monoisotopic (exact) mass is 376 g/mol. The molecule has 0 aliphatic carbocycles. The first-order chi connectivity index (χ1) is 9.51. The van der Waals surface area contributed by atoms with E-state index in [1.807, 2.05) is 16.8 Å². The fourth-order valence-electron chi connectivity index (χ4n) is 2.53. The van der Waals surface area contributed by atoms with Crippen LogP contribution in [0.2, 0.25) is 0 Å². The maximum atomic E-state index is 12.8. The second kappa shape index (κ2) is 5.21. The molecule has 3 heterocycles. The molecule has 0 bridgehead atoms. The fraction of sp³-hybridized carbons (Fsp3) is 0.455. The Kier molecular flexibility index (Phi) is 3.69. The van der Waals surface area contributed by atoms with Gasteiger partial charge in [-0.25, -0.2) is 13.1 Å². The Balaban J connectivity index is 2.03. The van der Waals surface area contributed by atoms with Gasteiger partial charge in [-0.2, -0.15) is 15.6 Å². The number of rotatable bonds is 3. The molecule has 0 spiro atoms. The van der Waals surface area contributed by atoms with Gasteiger partial charge in [0.25, 0.3) is 10.0 Å². The second-order valence-corrected chi connectivity index (χ2v) is 7.98. The van der Waals surface area contributed by atoms with Crippen molar-refractivity contribution in [2.24, 2.45) is 7.05 Å². The number of thiophene rings is 1. The molecule has 1 unspecified atom stereocenters. The number of sulfonamides is 1. The minimum Gasteiger partial charge on any atom is -0.235 e. The summed E-state index contributed by atoms with van der Waals surface area (Å²) >= 11 is 4.75. The zero-order chi connectivity index (χ0) is 14.3. The summed E-state index contributed by atoms with van der Waals surface area (Å²) in [5.74, 6) is 0. The number of hydrogen-bond donors (Lipinski definition) is 0. The van der Waals surface area contributed by atoms with Crippen LogP contribution >= 0.6 is 27.3 Å². The first-order valence-electron chi connectivity index (χ1n) is 6.11. The van der Waals surface area contributed by atoms with Crippen LogP contribution in [0.1, 0.15) is 24.4 Å². The molecule has 1 aliphatic heterocycles. The van der Waals surface area contributed by atoms with Gasteiger partial charge in [-0.05, 0) is 51.2 Å². The lowest BCUT2D eigenvalue weighted by molar-refractivity contribution is 0.392. The van der Waals surface area contributed by atoms with Crippen LogP contribution in [-0.2, 0) is 17.1 Å². The number of halogens is 1. The van der Waals surface area contributed by atoms with Crippen molar-refractivity contribution >= 4 is 37.3 Å². The Morgan fingerprint density at radius 3 is 2.90 bits per heavy atom. The molecule has 1 saturated heterocycles. The number of nitrogens with zero attached hydrogens (tertiary/aromatic N) is 4. The van der Waals surface area contributed by atoms with Crippen molar-refractivity contribution in [3.05, 3.63) is 27.0 Å². The Labute approximate surface area is 129 Å². The molecule has 1 aliphatic rings. The van der Waals surface area contributed by atoms with E-state index in [2.05, 4.69) is 26.2 Å². The highest BCUT2D eigenvalue weighted by Gasteiger charge is 2.39. The van der Waals surface area contributed by atoms with Crippen molar-refractivity contribution in [1.82, 2.24) is 19.3 Å². The molecule has 1 fully saturated rings. The van der Waals surface area contributed by atoms with E-state index in [-0.39, 0.29) is 15.7 Å². The Bertz CT molecular complexity index is 691. The molecule has 0 amide bonds. The average Bonchev–Trinajstić information content (AvgIpc) is 3.08. The van der Waals surface area contributed by atoms with Crippen molar-refractivity contribution in [2.45, 2.75) is 23.9 Å². The van der Waals surface area contributed by atoms with Gasteiger partial charge in [0.1, 0.15) is 0 Å². The molecule has 0 N–H and O–H groups in total. The summed E-state index contributed by atoms with van der Waals surface area (Å²) in [5.41, 5.74) is 1.06. The standard InChI is InChI=1S/C11H13BrN4O2S2/c1-15-11(10(12)13-14-15)20(17,18)16-5-2-3-9(16)8-4-6-19-7-8/h4,6-7,9H,2-3,5H2,1H3. The maximum Gasteiger partial charge on any atom is 0.263 e. The van der Waals surface area contributed by atoms with Crippen molar-refractivity contribution in [2.75, 3.05) is 6.54 Å². The summed E-state index contributed by atoms with van der Waals surface area (Å²) in [6.07, 6.45) is 1.71. The maximum absolute atomic E-state index is 12.8. The SMILES string of the molecule is Cn1nnc(Br)c1S(=O)(=O)N1CCCC1c1ccsc1. The van der Waals surface area contributed by atoms with Gasteiger partial charge in [0.05, 0.1) is 6.04 Å². The van der Waals surface area contributed by atoms with E-state index >= 15 is 0 Å². The van der Waals surface area contributed by atoms with E-state index in [4.69, 9.17) is 0 Å². The summed E-state index contributed by atoms with van der Waals surface area (Å²) in [6, 6.07) is 1.90. The zero-order valence-corrected chi connectivity index (χ0v) is 13.9. The van der Waals surface area contributed by atoms with E-state index in [0.717, 1.165) is 18.4 Å². The predicted molar refractivity (Wildman–Crippen MR) is 78.9 cm³/mol. The first kappa shape index (κ1) is 14.2. The lowest BCUT2D eigenvalue weighted by atomic mass is 10.1. The lowest BCUT2D eigenvalue weighted by Gasteiger charge is -2.23. The third-order valence-electron chi connectivity index (χ3n) is 3.42. The highest BCUT2D eigenvalue weighted by molar-refractivity contribution is 9.10. The smallest absolute Gasteiger partial charge is 0.235 e. The van der Waals surface area contributed by atoms with Gasteiger partial charge in [-0.15, -0.1) is 5.10 Å². The van der Waals surface area contributed by atoms with E-state index in [9.17, 15) is 8.42 Å². The van der Waals surface area contributed by atoms with Gasteiger partial charge in [0, 0.05) is 13.6 Å². The van der Waals surface area contributed by atoms with Gasteiger partial charge in [-0.1, -0.05) is 5.21 Å². The Hall–Kier alpha value is -0.770. The Morgan fingerprint density at radius 1 is 1.50 bits per heavy atom. The molecule has 3 rings (SSSR count). The largest absolute Gasteiger partial charge is 0.263 e. The molecule has 108 valence electrons. The molecule has 1 atom stereocenters. The van der Waals surface area contributed by atoms with Gasteiger partial charge >= 0.3 is 0 Å². The summed E-state index contributed by atoms with van der Waals surface area (Å²) in [4.78, 5) is 0. The predicted octanol–water partition coefficient (Wildman–Crippen LogP) is 2.16. The van der Waals surface area contributed by atoms with Crippen LogP contribution in [0.3, 0.4) is 0 Å². The summed E-state index contributed by atoms with van der Waals surface area (Å²) in [7, 11) is -2.02. The molecule has 2 aromatic heterocycles. The second-order valence-electron chi connectivity index (χ2n) is 4.64. The highest BCUT2D eigenvalue weighted by Crippen LogP contribution is 2.38. The van der Waals surface area contributed by atoms with Crippen LogP contribution in [0, 0.1) is 0 Å². The van der Waals surface area contributed by atoms with E-state index in [0.29, 0.717) is 6.54 Å². The zero-order valence-electron chi connectivity index (χ0n) is 10.7. The van der Waals surface area contributed by atoms with Gasteiger partial charge in [0.15, 0.2) is 4.60 Å². The average molecular weight is 377 g/mol. The van der Waals surface area contributed by atoms with E-state index in [1.165, 1.54) is 4.68 Å². The van der Waals surface area contributed by atoms with Crippen molar-refractivity contribution in [1.29, 1.82) is 0 Å². The van der Waals surface area contributed by atoms with Gasteiger partial charge < -0.3 is 0 Å². The summed E-state index contributed by atoms with van der Waals surface area (Å²) in [6.45, 7) is 0.528. The normalized spacial score (nSPS) is 20.6. The molecule has 0 radical (unpaired) electrons. The topological polar surface area (TPSA) is 68.1 Å². The van der Waals surface area contributed by atoms with E-state index < -0.39 is 10.0 Å². The molecule has 9 heteroatoms. The minimum atomic E-state index is -3.60. The first-order valence-corrected chi connectivity index (χ1v) is 9.28. The van der Waals surface area contributed by atoms with Crippen LogP contribution < -0.4 is 0 Å². The van der Waals surface area contributed by atoms with Crippen LogP contribution in [0.25, 0.3) is 0 Å². The number of hydrogen-bond acceptors (Lipinski definition) is 5. The Morgan fingerprint density at radius 2 is 2.30 bits per heavy atom. The molecule has 0 saturated carbocycles. The molecular formula is C11H13BrN4O2S2. The van der Waals surface area contributed by atoms with Gasteiger partial charge in [-0.3, -0.25) is 0 Å². The van der Waals surface area contributed by atoms with Crippen molar-refractivity contribution in [3.8, 4) is 0 Å². The van der Waals surface area contributed by atoms with Gasteiger partial charge in [0.2, 0.25) is 5.03 Å². The fourth-order valence-corrected chi connectivity index (χ4v) is 5.96. The van der Waals surface area contributed by atoms with Crippen LogP contribution in [0.4, 0.5) is 0 Å². The van der Waals surface area contributed by atoms with Crippen LogP contribution in [0.5, 0.6) is 0 Å². The minimum absolute atomic E-state index is 0.0898. The number of aryl methyl sites for hydroxylation is 1. The summed E-state index contributed by atoms with van der Waals surface area (Å²) < 4.78 is 28.8. The van der Waals surface area contributed by atoms with Crippen molar-refractivity contribution in [3.63, 3.8) is 0 Å². The van der Waals surface area contributed by atoms with E-state index in [1.54, 1.807) is 22.7 Å². The quantitative estimate of drug-likeness (QED) is 0.822. The highest BCUT2D eigenvalue weighted by atomic mass is 79.9. The molecule has 0 aromatic carbocycles. The third-order valence-corrected chi connectivity index (χ3v) is 6.92. The molecular weight excluding hydrogens is 364 g/mol. The molecule has 20 heavy (non-hydrogen) atoms. The summed E-state index contributed by atoms with van der Waals surface area (Å²) in [5, 5.41) is 11.6. The third kappa shape index (κ3) is 2.22. The lowest BCUT2D eigenvalue weighted by Crippen LogP contribution is -2.32. The number of aromatic nitrogens is 3. The van der Waals surface area contributed by atoms with Crippen LogP contribution in [-0.4, -0.2) is 34.3 Å². The molecule has 2 aromatic rings.